The molecule has 1 N–H and O–H groups in total. The second kappa shape index (κ2) is 10.6. The van der Waals surface area contributed by atoms with Crippen LogP contribution in [0.2, 0.25) is 20.1 Å². The zero-order chi connectivity index (χ0) is 24.2. The van der Waals surface area contributed by atoms with Crippen LogP contribution in [0.25, 0.3) is 17.4 Å². The molecule has 0 atom stereocenters. The van der Waals surface area contributed by atoms with Crippen LogP contribution < -0.4 is 5.32 Å². The van der Waals surface area contributed by atoms with Gasteiger partial charge in [-0.1, -0.05) is 58.5 Å². The number of furan rings is 1. The lowest BCUT2D eigenvalue weighted by atomic mass is 10.1. The van der Waals surface area contributed by atoms with Crippen LogP contribution in [-0.2, 0) is 11.2 Å². The first-order valence-corrected chi connectivity index (χ1v) is 12.0. The van der Waals surface area contributed by atoms with E-state index in [9.17, 15) is 10.1 Å². The summed E-state index contributed by atoms with van der Waals surface area (Å²) in [6.45, 7) is 0. The molecule has 10 heteroatoms. The minimum atomic E-state index is -0.600. The third-order valence-corrected chi connectivity index (χ3v) is 7.10. The Hall–Kier alpha value is -2.79. The lowest BCUT2D eigenvalue weighted by Gasteiger charge is -2.02. The van der Waals surface area contributed by atoms with Crippen molar-refractivity contribution in [2.45, 2.75) is 6.42 Å². The minimum Gasteiger partial charge on any atom is -0.457 e. The molecule has 4 aromatic rings. The van der Waals surface area contributed by atoms with Crippen LogP contribution in [0.5, 0.6) is 0 Å². The third-order valence-electron chi connectivity index (χ3n) is 4.63. The first kappa shape index (κ1) is 24.3. The SMILES string of the molecule is N#CC(=Cc1ccc(-c2cccc(Cl)c2Cl)o1)C(=O)Nc1ncc(Cc2ccc(Cl)c(Cl)c2)s1. The fourth-order valence-corrected chi connectivity index (χ4v) is 4.58. The number of carbonyl (C=O) groups is 1. The number of hydrogen-bond donors (Lipinski definition) is 1. The molecule has 0 unspecified atom stereocenters. The number of halogens is 4. The maximum atomic E-state index is 12.6. The Morgan fingerprint density at radius 1 is 1.09 bits per heavy atom. The Labute approximate surface area is 219 Å². The number of anilines is 1. The van der Waals surface area contributed by atoms with Crippen LogP contribution in [-0.4, -0.2) is 10.9 Å². The van der Waals surface area contributed by atoms with Crippen molar-refractivity contribution in [3.05, 3.63) is 96.6 Å². The van der Waals surface area contributed by atoms with Gasteiger partial charge in [-0.25, -0.2) is 4.98 Å². The predicted molar refractivity (Wildman–Crippen MR) is 138 cm³/mol. The zero-order valence-electron chi connectivity index (χ0n) is 17.1. The van der Waals surface area contributed by atoms with Gasteiger partial charge in [0.1, 0.15) is 23.2 Å². The summed E-state index contributed by atoms with van der Waals surface area (Å²) < 4.78 is 5.74. The molecule has 34 heavy (non-hydrogen) atoms. The van der Waals surface area contributed by atoms with Gasteiger partial charge in [0.2, 0.25) is 0 Å². The van der Waals surface area contributed by atoms with E-state index in [4.69, 9.17) is 50.8 Å². The lowest BCUT2D eigenvalue weighted by Crippen LogP contribution is -2.13. The van der Waals surface area contributed by atoms with Crippen molar-refractivity contribution < 1.29 is 9.21 Å². The molecule has 0 bridgehead atoms. The molecular weight excluding hydrogens is 536 g/mol. The number of carbonyl (C=O) groups excluding carboxylic acids is 1. The van der Waals surface area contributed by atoms with Crippen LogP contribution in [0.1, 0.15) is 16.2 Å². The highest BCUT2D eigenvalue weighted by Gasteiger charge is 2.15. The lowest BCUT2D eigenvalue weighted by molar-refractivity contribution is -0.112. The number of nitriles is 1. The van der Waals surface area contributed by atoms with E-state index in [2.05, 4.69) is 10.3 Å². The zero-order valence-corrected chi connectivity index (χ0v) is 21.0. The Morgan fingerprint density at radius 2 is 1.91 bits per heavy atom. The van der Waals surface area contributed by atoms with E-state index >= 15 is 0 Å². The number of benzene rings is 2. The number of nitrogens with one attached hydrogen (secondary N) is 1. The first-order chi connectivity index (χ1) is 16.3. The molecule has 0 radical (unpaired) electrons. The molecule has 2 heterocycles. The maximum absolute atomic E-state index is 12.6. The van der Waals surface area contributed by atoms with Crippen LogP contribution in [0, 0.1) is 11.3 Å². The highest BCUT2D eigenvalue weighted by molar-refractivity contribution is 7.15. The molecule has 5 nitrogen and oxygen atoms in total. The molecule has 0 fully saturated rings. The average Bonchev–Trinajstić information content (AvgIpc) is 3.46. The number of thiazole rings is 1. The Morgan fingerprint density at radius 3 is 2.68 bits per heavy atom. The second-order valence-electron chi connectivity index (χ2n) is 6.98. The van der Waals surface area contributed by atoms with Crippen molar-refractivity contribution in [1.29, 1.82) is 5.26 Å². The normalized spacial score (nSPS) is 11.3. The molecule has 1 amide bonds. The van der Waals surface area contributed by atoms with E-state index in [0.29, 0.717) is 48.7 Å². The number of rotatable bonds is 6. The minimum absolute atomic E-state index is 0.140. The monoisotopic (exact) mass is 547 g/mol. The number of hydrogen-bond acceptors (Lipinski definition) is 5. The summed E-state index contributed by atoms with van der Waals surface area (Å²) in [6.07, 6.45) is 3.58. The van der Waals surface area contributed by atoms with E-state index in [1.54, 1.807) is 48.7 Å². The standard InChI is InChI=1S/C24H13Cl4N3O2S/c25-18-6-4-13(9-20(18)27)8-16-12-30-24(34-16)31-23(32)14(11-29)10-15-5-7-21(33-15)17-2-1-3-19(26)22(17)28/h1-7,9-10,12H,8H2,(H,30,31,32). The van der Waals surface area contributed by atoms with Crippen molar-refractivity contribution >= 4 is 74.9 Å². The molecule has 4 rings (SSSR count). The predicted octanol–water partition coefficient (Wildman–Crippen LogP) is 8.15. The summed E-state index contributed by atoms with van der Waals surface area (Å²) in [5.74, 6) is 0.178. The summed E-state index contributed by atoms with van der Waals surface area (Å²) in [5, 5.41) is 14.2. The van der Waals surface area contributed by atoms with E-state index in [1.165, 1.54) is 17.4 Å². The third kappa shape index (κ3) is 5.64. The Kier molecular flexibility index (Phi) is 7.62. The molecule has 0 spiro atoms. The number of nitrogens with zero attached hydrogens (tertiary/aromatic N) is 2. The average molecular weight is 549 g/mol. The summed E-state index contributed by atoms with van der Waals surface area (Å²) >= 11 is 25.6. The molecule has 2 aromatic heterocycles. The van der Waals surface area contributed by atoms with Gasteiger partial charge in [0.15, 0.2) is 5.13 Å². The quantitative estimate of drug-likeness (QED) is 0.195. The summed E-state index contributed by atoms with van der Waals surface area (Å²) in [5.41, 5.74) is 1.43. The van der Waals surface area contributed by atoms with Crippen molar-refractivity contribution in [3.63, 3.8) is 0 Å². The molecule has 0 saturated heterocycles. The van der Waals surface area contributed by atoms with Gasteiger partial charge >= 0.3 is 0 Å². The molecule has 2 aromatic carbocycles. The van der Waals surface area contributed by atoms with Gasteiger partial charge in [-0.3, -0.25) is 10.1 Å². The highest BCUT2D eigenvalue weighted by atomic mass is 35.5. The van der Waals surface area contributed by atoms with Crippen molar-refractivity contribution in [1.82, 2.24) is 4.98 Å². The van der Waals surface area contributed by atoms with Crippen LogP contribution >= 0.6 is 57.7 Å². The van der Waals surface area contributed by atoms with E-state index < -0.39 is 5.91 Å². The fourth-order valence-electron chi connectivity index (χ4n) is 3.02. The molecule has 0 saturated carbocycles. The number of amides is 1. The largest absolute Gasteiger partial charge is 0.457 e. The van der Waals surface area contributed by atoms with Gasteiger partial charge < -0.3 is 4.42 Å². The van der Waals surface area contributed by atoms with Gasteiger partial charge in [-0.15, -0.1) is 11.3 Å². The van der Waals surface area contributed by atoms with E-state index in [-0.39, 0.29) is 5.57 Å². The van der Waals surface area contributed by atoms with E-state index in [1.807, 2.05) is 12.1 Å². The summed E-state index contributed by atoms with van der Waals surface area (Å²) in [4.78, 5) is 17.8. The van der Waals surface area contributed by atoms with Crippen molar-refractivity contribution in [2.24, 2.45) is 0 Å². The second-order valence-corrected chi connectivity index (χ2v) is 9.70. The van der Waals surface area contributed by atoms with Gasteiger partial charge in [0.25, 0.3) is 5.91 Å². The van der Waals surface area contributed by atoms with Crippen LogP contribution in [0.3, 0.4) is 0 Å². The van der Waals surface area contributed by atoms with Gasteiger partial charge in [0, 0.05) is 29.1 Å². The van der Waals surface area contributed by atoms with Gasteiger partial charge in [-0.2, -0.15) is 5.26 Å². The van der Waals surface area contributed by atoms with Crippen LogP contribution in [0.15, 0.2) is 64.7 Å². The smallest absolute Gasteiger partial charge is 0.268 e. The molecule has 0 aliphatic carbocycles. The highest BCUT2D eigenvalue weighted by Crippen LogP contribution is 2.34. The number of aromatic nitrogens is 1. The summed E-state index contributed by atoms with van der Waals surface area (Å²) in [6, 6.07) is 15.8. The molecular formula is C24H13Cl4N3O2S. The molecule has 0 aliphatic heterocycles. The van der Waals surface area contributed by atoms with Gasteiger partial charge in [-0.05, 0) is 42.0 Å². The van der Waals surface area contributed by atoms with Gasteiger partial charge in [0.05, 0.1) is 20.1 Å². The van der Waals surface area contributed by atoms with E-state index in [0.717, 1.165) is 10.4 Å². The Balaban J connectivity index is 1.46. The summed E-state index contributed by atoms with van der Waals surface area (Å²) in [7, 11) is 0. The first-order valence-electron chi connectivity index (χ1n) is 9.70. The molecule has 170 valence electrons. The fraction of sp³-hybridized carbons (Fsp3) is 0.0417. The van der Waals surface area contributed by atoms with Crippen molar-refractivity contribution in [3.8, 4) is 17.4 Å². The topological polar surface area (TPSA) is 78.9 Å². The molecule has 0 aliphatic rings. The van der Waals surface area contributed by atoms with Crippen molar-refractivity contribution in [2.75, 3.05) is 5.32 Å². The Bertz CT molecular complexity index is 1450. The maximum Gasteiger partial charge on any atom is 0.268 e. The van der Waals surface area contributed by atoms with Crippen LogP contribution in [0.4, 0.5) is 5.13 Å².